The summed E-state index contributed by atoms with van der Waals surface area (Å²) in [5.74, 6) is 1.34. The normalized spacial score (nSPS) is 11.4. The molecule has 0 bridgehead atoms. The van der Waals surface area contributed by atoms with Crippen molar-refractivity contribution in [3.8, 4) is 0 Å². The maximum Gasteiger partial charge on any atom is 0.270 e. The highest BCUT2D eigenvalue weighted by Gasteiger charge is 2.16. The van der Waals surface area contributed by atoms with E-state index in [9.17, 15) is 18.5 Å². The second kappa shape index (κ2) is 8.20. The van der Waals surface area contributed by atoms with Gasteiger partial charge in [-0.25, -0.2) is 13.1 Å². The van der Waals surface area contributed by atoms with E-state index in [1.54, 1.807) is 0 Å². The minimum Gasteiger partial charge on any atom is -0.396 e. The lowest BCUT2D eigenvalue weighted by Gasteiger charge is -2.06. The van der Waals surface area contributed by atoms with Gasteiger partial charge in [-0.1, -0.05) is 6.07 Å². The summed E-state index contributed by atoms with van der Waals surface area (Å²) in [5.41, 5.74) is -0.259. The average Bonchev–Trinajstić information content (AvgIpc) is 2.43. The Labute approximate surface area is 121 Å². The van der Waals surface area contributed by atoms with E-state index in [-0.39, 0.29) is 23.7 Å². The summed E-state index contributed by atoms with van der Waals surface area (Å²) in [5, 5.41) is 19.2. The summed E-state index contributed by atoms with van der Waals surface area (Å²) in [4.78, 5) is 9.85. The number of non-ortho nitro benzene ring substituents is 1. The smallest absolute Gasteiger partial charge is 0.270 e. The molecule has 0 heterocycles. The Hall–Kier alpha value is -1.16. The third-order valence-corrected chi connectivity index (χ3v) is 4.85. The van der Waals surface area contributed by atoms with Crippen molar-refractivity contribution in [1.29, 1.82) is 0 Å². The quantitative estimate of drug-likeness (QED) is 0.399. The zero-order valence-corrected chi connectivity index (χ0v) is 12.3. The molecule has 0 aliphatic heterocycles. The van der Waals surface area contributed by atoms with Gasteiger partial charge in [0.2, 0.25) is 10.0 Å². The SMILES string of the molecule is O=[N+]([O-])c1cccc(S(=O)(=O)NCCSCCCO)c1. The molecule has 9 heteroatoms. The molecule has 0 aliphatic carbocycles. The van der Waals surface area contributed by atoms with Crippen molar-refractivity contribution in [3.05, 3.63) is 34.4 Å². The van der Waals surface area contributed by atoms with Crippen LogP contribution in [0.4, 0.5) is 5.69 Å². The van der Waals surface area contributed by atoms with Gasteiger partial charge in [-0.3, -0.25) is 10.1 Å². The van der Waals surface area contributed by atoms with Gasteiger partial charge in [0.25, 0.3) is 5.69 Å². The topological polar surface area (TPSA) is 110 Å². The van der Waals surface area contributed by atoms with Crippen LogP contribution in [0.2, 0.25) is 0 Å². The highest BCUT2D eigenvalue weighted by Crippen LogP contribution is 2.17. The van der Waals surface area contributed by atoms with Crippen molar-refractivity contribution in [2.75, 3.05) is 24.7 Å². The molecule has 0 spiro atoms. The van der Waals surface area contributed by atoms with Gasteiger partial charge < -0.3 is 5.11 Å². The number of rotatable bonds is 9. The lowest BCUT2D eigenvalue weighted by Crippen LogP contribution is -2.26. The molecule has 0 atom stereocenters. The van der Waals surface area contributed by atoms with Crippen molar-refractivity contribution in [3.63, 3.8) is 0 Å². The summed E-state index contributed by atoms with van der Waals surface area (Å²) < 4.78 is 26.2. The van der Waals surface area contributed by atoms with Crippen LogP contribution in [0.15, 0.2) is 29.2 Å². The van der Waals surface area contributed by atoms with Gasteiger partial charge in [0.15, 0.2) is 0 Å². The Morgan fingerprint density at radius 2 is 2.10 bits per heavy atom. The van der Waals surface area contributed by atoms with E-state index >= 15 is 0 Å². The standard InChI is InChI=1S/C11H16N2O5S2/c14-6-2-7-19-8-5-12-20(17,18)11-4-1-3-10(9-11)13(15)16/h1,3-4,9,12,14H,2,5-8H2. The minimum absolute atomic E-state index is 0.117. The fourth-order valence-electron chi connectivity index (χ4n) is 1.36. The predicted molar refractivity (Wildman–Crippen MR) is 77.3 cm³/mol. The Morgan fingerprint density at radius 3 is 2.75 bits per heavy atom. The molecular formula is C11H16N2O5S2. The van der Waals surface area contributed by atoms with Crippen molar-refractivity contribution < 1.29 is 18.4 Å². The lowest BCUT2D eigenvalue weighted by molar-refractivity contribution is -0.385. The first-order valence-electron chi connectivity index (χ1n) is 5.90. The van der Waals surface area contributed by atoms with Gasteiger partial charge in [0, 0.05) is 31.0 Å². The third-order valence-electron chi connectivity index (χ3n) is 2.32. The van der Waals surface area contributed by atoms with Gasteiger partial charge in [0.05, 0.1) is 9.82 Å². The van der Waals surface area contributed by atoms with Crippen LogP contribution < -0.4 is 4.72 Å². The molecule has 1 rings (SSSR count). The average molecular weight is 320 g/mol. The number of hydrogen-bond acceptors (Lipinski definition) is 6. The molecule has 0 saturated heterocycles. The largest absolute Gasteiger partial charge is 0.396 e. The molecule has 1 aromatic carbocycles. The second-order valence-electron chi connectivity index (χ2n) is 3.84. The van der Waals surface area contributed by atoms with E-state index in [1.165, 1.54) is 30.0 Å². The Morgan fingerprint density at radius 1 is 1.35 bits per heavy atom. The van der Waals surface area contributed by atoms with Crippen LogP contribution in [0.1, 0.15) is 6.42 Å². The van der Waals surface area contributed by atoms with Gasteiger partial charge in [-0.2, -0.15) is 11.8 Å². The molecule has 1 aromatic rings. The lowest BCUT2D eigenvalue weighted by atomic mass is 10.3. The zero-order valence-electron chi connectivity index (χ0n) is 10.7. The Kier molecular flexibility index (Phi) is 6.93. The third kappa shape index (κ3) is 5.45. The summed E-state index contributed by atoms with van der Waals surface area (Å²) in [6.07, 6.45) is 0.669. The molecule has 0 amide bonds. The number of nitrogens with zero attached hydrogens (tertiary/aromatic N) is 1. The van der Waals surface area contributed by atoms with Crippen molar-refractivity contribution >= 4 is 27.5 Å². The van der Waals surface area contributed by atoms with Crippen LogP contribution in [0.25, 0.3) is 0 Å². The summed E-state index contributed by atoms with van der Waals surface area (Å²) in [6, 6.07) is 4.92. The Bertz CT molecular complexity index is 547. The van der Waals surface area contributed by atoms with E-state index in [1.807, 2.05) is 0 Å². The molecule has 0 aromatic heterocycles. The van der Waals surface area contributed by atoms with Crippen molar-refractivity contribution in [2.45, 2.75) is 11.3 Å². The fraction of sp³-hybridized carbons (Fsp3) is 0.455. The maximum absolute atomic E-state index is 11.9. The van der Waals surface area contributed by atoms with E-state index in [0.717, 1.165) is 11.8 Å². The number of aliphatic hydroxyl groups is 1. The molecule has 20 heavy (non-hydrogen) atoms. The van der Waals surface area contributed by atoms with Crippen LogP contribution in [-0.2, 0) is 10.0 Å². The van der Waals surface area contributed by atoms with E-state index < -0.39 is 14.9 Å². The van der Waals surface area contributed by atoms with Crippen LogP contribution in [0, 0.1) is 10.1 Å². The molecule has 0 aliphatic rings. The number of hydrogen-bond donors (Lipinski definition) is 2. The van der Waals surface area contributed by atoms with E-state index in [4.69, 9.17) is 5.11 Å². The second-order valence-corrected chi connectivity index (χ2v) is 6.83. The summed E-state index contributed by atoms with van der Waals surface area (Å²) in [6.45, 7) is 0.355. The highest BCUT2D eigenvalue weighted by atomic mass is 32.2. The number of nitro benzene ring substituents is 1. The van der Waals surface area contributed by atoms with Gasteiger partial charge >= 0.3 is 0 Å². The van der Waals surface area contributed by atoms with Crippen molar-refractivity contribution in [2.24, 2.45) is 0 Å². The first kappa shape index (κ1) is 16.9. The maximum atomic E-state index is 11.9. The van der Waals surface area contributed by atoms with Gasteiger partial charge in [-0.15, -0.1) is 0 Å². The highest BCUT2D eigenvalue weighted by molar-refractivity contribution is 7.99. The fourth-order valence-corrected chi connectivity index (χ4v) is 3.35. The van der Waals surface area contributed by atoms with Crippen LogP contribution >= 0.6 is 11.8 Å². The first-order valence-corrected chi connectivity index (χ1v) is 8.54. The van der Waals surface area contributed by atoms with Gasteiger partial charge in [-0.05, 0) is 18.2 Å². The molecular weight excluding hydrogens is 304 g/mol. The number of nitro groups is 1. The molecule has 2 N–H and O–H groups in total. The number of benzene rings is 1. The molecule has 112 valence electrons. The molecule has 0 saturated carbocycles. The number of nitrogens with one attached hydrogen (secondary N) is 1. The van der Waals surface area contributed by atoms with Crippen LogP contribution in [-0.4, -0.2) is 43.1 Å². The minimum atomic E-state index is -3.73. The van der Waals surface area contributed by atoms with E-state index in [0.29, 0.717) is 12.2 Å². The van der Waals surface area contributed by atoms with E-state index in [2.05, 4.69) is 4.72 Å². The van der Waals surface area contributed by atoms with Gasteiger partial charge in [0.1, 0.15) is 0 Å². The number of sulfonamides is 1. The first-order chi connectivity index (χ1) is 9.47. The van der Waals surface area contributed by atoms with Crippen LogP contribution in [0.5, 0.6) is 0 Å². The molecule has 0 unspecified atom stereocenters. The number of thioether (sulfide) groups is 1. The Balaban J connectivity index is 2.56. The molecule has 0 radical (unpaired) electrons. The van der Waals surface area contributed by atoms with Crippen molar-refractivity contribution in [1.82, 2.24) is 4.72 Å². The monoisotopic (exact) mass is 320 g/mol. The molecule has 7 nitrogen and oxygen atoms in total. The zero-order chi connectivity index (χ0) is 15.0. The predicted octanol–water partition coefficient (Wildman–Crippen LogP) is 0.989. The van der Waals surface area contributed by atoms with Crippen LogP contribution in [0.3, 0.4) is 0 Å². The molecule has 0 fully saturated rings. The summed E-state index contributed by atoms with van der Waals surface area (Å²) in [7, 11) is -3.73. The number of aliphatic hydroxyl groups excluding tert-OH is 1. The summed E-state index contributed by atoms with van der Waals surface area (Å²) >= 11 is 1.53.